The largest absolute Gasteiger partial charge is 0.479 e. The van der Waals surface area contributed by atoms with Crippen molar-refractivity contribution in [3.8, 4) is 17.0 Å². The van der Waals surface area contributed by atoms with Crippen LogP contribution < -0.4 is 9.64 Å². The Kier molecular flexibility index (Phi) is 7.08. The molecule has 0 bridgehead atoms. The average molecular weight is 465 g/mol. The molecule has 0 aliphatic carbocycles. The van der Waals surface area contributed by atoms with Gasteiger partial charge < -0.3 is 9.47 Å². The van der Waals surface area contributed by atoms with Crippen LogP contribution in [0, 0.1) is 0 Å². The van der Waals surface area contributed by atoms with Gasteiger partial charge in [-0.25, -0.2) is 9.78 Å². The molecule has 0 saturated heterocycles. The van der Waals surface area contributed by atoms with Gasteiger partial charge in [-0.05, 0) is 43.5 Å². The van der Waals surface area contributed by atoms with E-state index in [2.05, 4.69) is 12.1 Å². The summed E-state index contributed by atoms with van der Waals surface area (Å²) < 4.78 is 11.2. The van der Waals surface area contributed by atoms with Gasteiger partial charge >= 0.3 is 5.97 Å². The highest BCUT2D eigenvalue weighted by atomic mass is 32.1. The summed E-state index contributed by atoms with van der Waals surface area (Å²) in [5, 5.41) is 3.03. The quantitative estimate of drug-likeness (QED) is 0.426. The van der Waals surface area contributed by atoms with Crippen LogP contribution >= 0.6 is 11.3 Å². The van der Waals surface area contributed by atoms with Gasteiger partial charge in [-0.3, -0.25) is 9.69 Å². The molecule has 1 aromatic heterocycles. The van der Waals surface area contributed by atoms with E-state index in [1.54, 1.807) is 23.2 Å². The normalized spacial score (nSPS) is 16.2. The molecule has 1 amide bonds. The lowest BCUT2D eigenvalue weighted by Crippen LogP contribution is -2.53. The van der Waals surface area contributed by atoms with Crippen LogP contribution in [0.15, 0.2) is 53.9 Å². The maximum absolute atomic E-state index is 13.1. The number of amides is 1. The summed E-state index contributed by atoms with van der Waals surface area (Å²) in [4.78, 5) is 32.2. The second kappa shape index (κ2) is 10.2. The van der Waals surface area contributed by atoms with E-state index < -0.39 is 18.1 Å². The molecule has 2 heterocycles. The number of hydrogen-bond acceptors (Lipinski definition) is 6. The molecule has 1 aliphatic rings. The minimum Gasteiger partial charge on any atom is -0.479 e. The van der Waals surface area contributed by atoms with E-state index in [1.165, 1.54) is 5.56 Å². The number of benzene rings is 2. The van der Waals surface area contributed by atoms with Gasteiger partial charge in [-0.1, -0.05) is 44.2 Å². The van der Waals surface area contributed by atoms with Crippen molar-refractivity contribution in [1.29, 1.82) is 0 Å². The van der Waals surface area contributed by atoms with Gasteiger partial charge in [0, 0.05) is 17.4 Å². The van der Waals surface area contributed by atoms with Crippen LogP contribution in [-0.4, -0.2) is 35.6 Å². The summed E-state index contributed by atoms with van der Waals surface area (Å²) in [7, 11) is 0. The van der Waals surface area contributed by atoms with Crippen LogP contribution in [0.1, 0.15) is 44.2 Å². The molecule has 3 aromatic rings. The van der Waals surface area contributed by atoms with Gasteiger partial charge in [0.2, 0.25) is 0 Å². The standard InChI is InChI=1S/C26H28N2O4S/c1-4-13-31-26(30)21(5-2)28-22-15-19(11-12-23(22)32-17(3)25(28)29)20-16-33-24(27-20)14-18-9-7-6-8-10-18/h6-12,15-17,21H,4-5,13-14H2,1-3H3. The van der Waals surface area contributed by atoms with Crippen molar-refractivity contribution in [2.45, 2.75) is 52.2 Å². The van der Waals surface area contributed by atoms with Gasteiger partial charge in [0.25, 0.3) is 5.91 Å². The van der Waals surface area contributed by atoms with E-state index in [1.807, 2.05) is 55.6 Å². The Hall–Kier alpha value is -3.19. The number of esters is 1. The molecular weight excluding hydrogens is 436 g/mol. The number of fused-ring (bicyclic) bond motifs is 1. The Morgan fingerprint density at radius 3 is 2.73 bits per heavy atom. The molecule has 2 aromatic carbocycles. The molecule has 4 rings (SSSR count). The fourth-order valence-electron chi connectivity index (χ4n) is 3.89. The zero-order chi connectivity index (χ0) is 23.4. The van der Waals surface area contributed by atoms with Crippen molar-refractivity contribution >= 4 is 28.9 Å². The van der Waals surface area contributed by atoms with Gasteiger partial charge in [0.15, 0.2) is 6.10 Å². The van der Waals surface area contributed by atoms with Crippen LogP contribution in [0.4, 0.5) is 5.69 Å². The average Bonchev–Trinajstić information content (AvgIpc) is 3.29. The van der Waals surface area contributed by atoms with E-state index in [0.29, 0.717) is 24.5 Å². The summed E-state index contributed by atoms with van der Waals surface area (Å²) in [6.45, 7) is 5.86. The predicted octanol–water partition coefficient (Wildman–Crippen LogP) is 5.25. The number of thiazole rings is 1. The first-order chi connectivity index (χ1) is 16.0. The lowest BCUT2D eigenvalue weighted by atomic mass is 10.0. The van der Waals surface area contributed by atoms with E-state index in [0.717, 1.165) is 29.1 Å². The fraction of sp³-hybridized carbons (Fsp3) is 0.346. The lowest BCUT2D eigenvalue weighted by molar-refractivity contribution is -0.147. The number of rotatable bonds is 8. The number of hydrogen-bond donors (Lipinski definition) is 0. The molecule has 2 atom stereocenters. The first-order valence-electron chi connectivity index (χ1n) is 11.3. The molecule has 33 heavy (non-hydrogen) atoms. The number of ether oxygens (including phenoxy) is 2. The zero-order valence-electron chi connectivity index (χ0n) is 19.1. The number of carbonyl (C=O) groups is 2. The van der Waals surface area contributed by atoms with E-state index >= 15 is 0 Å². The molecule has 0 saturated carbocycles. The fourth-order valence-corrected chi connectivity index (χ4v) is 4.73. The Labute approximate surface area is 198 Å². The van der Waals surface area contributed by atoms with Gasteiger partial charge in [0.1, 0.15) is 11.8 Å². The summed E-state index contributed by atoms with van der Waals surface area (Å²) >= 11 is 1.61. The predicted molar refractivity (Wildman–Crippen MR) is 130 cm³/mol. The highest BCUT2D eigenvalue weighted by molar-refractivity contribution is 7.10. The molecule has 0 N–H and O–H groups in total. The van der Waals surface area contributed by atoms with Crippen molar-refractivity contribution in [3.63, 3.8) is 0 Å². The minimum absolute atomic E-state index is 0.247. The number of nitrogens with zero attached hydrogens (tertiary/aromatic N) is 2. The van der Waals surface area contributed by atoms with Crippen molar-refractivity contribution < 1.29 is 19.1 Å². The van der Waals surface area contributed by atoms with E-state index in [9.17, 15) is 9.59 Å². The third-order valence-electron chi connectivity index (χ3n) is 5.57. The number of aromatic nitrogens is 1. The van der Waals surface area contributed by atoms with E-state index in [4.69, 9.17) is 14.5 Å². The second-order valence-corrected chi connectivity index (χ2v) is 8.97. The molecule has 2 unspecified atom stereocenters. The first kappa shape index (κ1) is 23.0. The van der Waals surface area contributed by atoms with Gasteiger partial charge in [-0.15, -0.1) is 11.3 Å². The van der Waals surface area contributed by atoms with E-state index in [-0.39, 0.29) is 5.91 Å². The SMILES string of the molecule is CCCOC(=O)C(CC)N1C(=O)C(C)Oc2ccc(-c3csc(Cc4ccccc4)n3)cc21. The van der Waals surface area contributed by atoms with Crippen LogP contribution in [0.5, 0.6) is 5.75 Å². The van der Waals surface area contributed by atoms with Crippen LogP contribution in [0.3, 0.4) is 0 Å². The summed E-state index contributed by atoms with van der Waals surface area (Å²) in [5.74, 6) is -0.0627. The van der Waals surface area contributed by atoms with Crippen LogP contribution in [0.25, 0.3) is 11.3 Å². The Morgan fingerprint density at radius 1 is 1.21 bits per heavy atom. The van der Waals surface area contributed by atoms with Crippen molar-refractivity contribution in [3.05, 3.63) is 64.5 Å². The van der Waals surface area contributed by atoms with Gasteiger partial charge in [0.05, 0.1) is 23.0 Å². The smallest absolute Gasteiger partial charge is 0.329 e. The number of carbonyl (C=O) groups excluding carboxylic acids is 2. The van der Waals surface area contributed by atoms with Gasteiger partial charge in [-0.2, -0.15) is 0 Å². The first-order valence-corrected chi connectivity index (χ1v) is 12.2. The van der Waals surface area contributed by atoms with Crippen molar-refractivity contribution in [2.24, 2.45) is 0 Å². The van der Waals surface area contributed by atoms with Crippen molar-refractivity contribution in [1.82, 2.24) is 4.98 Å². The maximum atomic E-state index is 13.1. The third-order valence-corrected chi connectivity index (χ3v) is 6.42. The van der Waals surface area contributed by atoms with Crippen LogP contribution in [-0.2, 0) is 20.7 Å². The topological polar surface area (TPSA) is 68.7 Å². The molecule has 1 aliphatic heterocycles. The maximum Gasteiger partial charge on any atom is 0.329 e. The molecule has 0 spiro atoms. The second-order valence-electron chi connectivity index (χ2n) is 8.03. The summed E-state index contributed by atoms with van der Waals surface area (Å²) in [6.07, 6.45) is 1.27. The zero-order valence-corrected chi connectivity index (χ0v) is 19.9. The highest BCUT2D eigenvalue weighted by Crippen LogP contribution is 2.39. The van der Waals surface area contributed by atoms with Crippen LogP contribution in [0.2, 0.25) is 0 Å². The Bertz CT molecular complexity index is 1130. The summed E-state index contributed by atoms with van der Waals surface area (Å²) in [6, 6.07) is 15.2. The molecule has 172 valence electrons. The molecule has 7 heteroatoms. The highest BCUT2D eigenvalue weighted by Gasteiger charge is 2.39. The molecule has 0 radical (unpaired) electrons. The molecular formula is C26H28N2O4S. The Morgan fingerprint density at radius 2 is 2.00 bits per heavy atom. The number of anilines is 1. The molecule has 0 fully saturated rings. The third kappa shape index (κ3) is 4.93. The molecule has 6 nitrogen and oxygen atoms in total. The summed E-state index contributed by atoms with van der Waals surface area (Å²) in [5.41, 5.74) is 3.49. The lowest BCUT2D eigenvalue weighted by Gasteiger charge is -2.37. The Balaban J connectivity index is 1.65. The monoisotopic (exact) mass is 464 g/mol. The minimum atomic E-state index is -0.700. The van der Waals surface area contributed by atoms with Crippen molar-refractivity contribution in [2.75, 3.05) is 11.5 Å².